The fourth-order valence-electron chi connectivity index (χ4n) is 9.03. The number of carbonyl (C=O) groups is 1. The van der Waals surface area contributed by atoms with Gasteiger partial charge in [-0.05, 0) is 95.5 Å². The van der Waals surface area contributed by atoms with Crippen LogP contribution >= 0.6 is 11.6 Å². The molecule has 4 aliphatic rings. The highest BCUT2D eigenvalue weighted by atomic mass is 35.5. The zero-order valence-electron chi connectivity index (χ0n) is 33.4. The third-order valence-electron chi connectivity index (χ3n) is 12.7. The highest BCUT2D eigenvalue weighted by Gasteiger charge is 2.53. The van der Waals surface area contributed by atoms with Gasteiger partial charge in [-0.15, -0.1) is 0 Å². The van der Waals surface area contributed by atoms with Gasteiger partial charge in [-0.25, -0.2) is 9.18 Å². The number of halogens is 2. The normalized spacial score (nSPS) is 22.8. The van der Waals surface area contributed by atoms with Crippen LogP contribution < -0.4 is 9.64 Å². The Hall–Kier alpha value is -3.58. The Morgan fingerprint density at radius 2 is 1.73 bits per heavy atom. The molecule has 3 unspecified atom stereocenters. The molecule has 8 rings (SSSR count). The molecule has 0 radical (unpaired) electrons. The van der Waals surface area contributed by atoms with Crippen molar-refractivity contribution < 1.29 is 23.1 Å². The number of anilines is 1. The Labute approximate surface area is 329 Å². The van der Waals surface area contributed by atoms with E-state index in [0.29, 0.717) is 47.9 Å². The molecule has 1 amide bonds. The predicted octanol–water partition coefficient (Wildman–Crippen LogP) is 9.23. The van der Waals surface area contributed by atoms with E-state index < -0.39 is 19.7 Å². The summed E-state index contributed by atoms with van der Waals surface area (Å²) >= 11 is 6.71. The Bertz CT molecular complexity index is 2120. The van der Waals surface area contributed by atoms with Gasteiger partial charge in [0.2, 0.25) is 0 Å². The second kappa shape index (κ2) is 13.8. The minimum absolute atomic E-state index is 0.0157. The average Bonchev–Trinajstić information content (AvgIpc) is 3.75. The number of pyridine rings is 1. The fourth-order valence-corrected chi connectivity index (χ4v) is 10.7. The maximum Gasteiger partial charge on any atom is 0.411 e. The second-order valence-electron chi connectivity index (χ2n) is 18.5. The molecular formula is C42H54ClFN6O4Si. The van der Waals surface area contributed by atoms with E-state index in [0.717, 1.165) is 49.5 Å². The molecule has 4 fully saturated rings. The van der Waals surface area contributed by atoms with Crippen LogP contribution in [0, 0.1) is 5.82 Å². The number of hydrogen-bond donors (Lipinski definition) is 0. The number of benzene rings is 2. The van der Waals surface area contributed by atoms with Gasteiger partial charge in [0.1, 0.15) is 29.2 Å². The summed E-state index contributed by atoms with van der Waals surface area (Å²) < 4.78 is 36.7. The number of ether oxygens (including phenoxy) is 2. The summed E-state index contributed by atoms with van der Waals surface area (Å²) in [6, 6.07) is 10.9. The topological polar surface area (TPSA) is 93.1 Å². The third-order valence-corrected chi connectivity index (χ3v) is 17.5. The molecule has 13 heteroatoms. The summed E-state index contributed by atoms with van der Waals surface area (Å²) in [7, 11) is -2.22. The smallest absolute Gasteiger partial charge is 0.411 e. The van der Waals surface area contributed by atoms with Crippen molar-refractivity contribution in [2.45, 2.75) is 121 Å². The largest absolute Gasteiger partial charge is 0.461 e. The molecule has 3 atom stereocenters. The molecule has 4 saturated heterocycles. The summed E-state index contributed by atoms with van der Waals surface area (Å²) in [6.07, 6.45) is 6.18. The number of rotatable bonds is 7. The van der Waals surface area contributed by atoms with E-state index in [1.165, 1.54) is 0 Å². The molecule has 2 aromatic carbocycles. The van der Waals surface area contributed by atoms with Gasteiger partial charge < -0.3 is 18.8 Å². The van der Waals surface area contributed by atoms with Gasteiger partial charge >= 0.3 is 12.1 Å². The van der Waals surface area contributed by atoms with Gasteiger partial charge in [-0.2, -0.15) is 9.97 Å². The van der Waals surface area contributed by atoms with Gasteiger partial charge in [0.15, 0.2) is 14.1 Å². The molecule has 0 spiro atoms. The SMILES string of the molecule is CC(C)(C)OC(=O)N1C2CC(O[Si](C)(C)C(C)(C)C)C1CN(c1nc(OCC34CCCN3CCC4)nc3c(F)c(-c4cccc5cccc(Cl)c45)ncc13)C2. The summed E-state index contributed by atoms with van der Waals surface area (Å²) in [5.74, 6) is -0.0256. The Kier molecular flexibility index (Phi) is 9.62. The van der Waals surface area contributed by atoms with Gasteiger partial charge in [-0.1, -0.05) is 62.7 Å². The number of carbonyl (C=O) groups excluding carboxylic acids is 1. The monoisotopic (exact) mass is 788 g/mol. The van der Waals surface area contributed by atoms with Crippen LogP contribution in [0.3, 0.4) is 0 Å². The first-order valence-electron chi connectivity index (χ1n) is 19.8. The maximum atomic E-state index is 17.2. The van der Waals surface area contributed by atoms with Crippen molar-refractivity contribution in [3.63, 3.8) is 0 Å². The molecule has 4 aliphatic heterocycles. The first kappa shape index (κ1) is 38.3. The molecule has 0 N–H and O–H groups in total. The van der Waals surface area contributed by atoms with Crippen LogP contribution in [0.5, 0.6) is 6.01 Å². The maximum absolute atomic E-state index is 17.2. The Morgan fingerprint density at radius 1 is 1.02 bits per heavy atom. The summed E-state index contributed by atoms with van der Waals surface area (Å²) in [6.45, 7) is 20.3. The minimum Gasteiger partial charge on any atom is -0.461 e. The Balaban J connectivity index is 1.22. The number of fused-ring (bicyclic) bond motifs is 5. The van der Waals surface area contributed by atoms with E-state index >= 15 is 4.39 Å². The number of hydrogen-bond acceptors (Lipinski definition) is 9. The standard InChI is InChI=1S/C42H54ClFN6O4Si/c1-40(2,3)53-39(51)50-27-21-32(54-55(7,8)41(4,5)6)31(50)24-48(23-27)37-29-22-45-35(28-15-9-13-26-14-10-16-30(43)33(26)28)34(44)36(29)46-38(47-37)52-25-42-17-11-19-49(42)20-12-18-42/h9-10,13-16,22,27,31-32H,11-12,17-21,23-25H2,1-8H3. The third kappa shape index (κ3) is 6.95. The van der Waals surface area contributed by atoms with Crippen LogP contribution in [0.4, 0.5) is 15.0 Å². The molecule has 4 aromatic rings. The van der Waals surface area contributed by atoms with Gasteiger partial charge in [0, 0.05) is 35.3 Å². The molecule has 294 valence electrons. The van der Waals surface area contributed by atoms with Gasteiger partial charge in [-0.3, -0.25) is 14.8 Å². The fraction of sp³-hybridized carbons (Fsp3) is 0.571. The molecule has 2 aromatic heterocycles. The lowest BCUT2D eigenvalue weighted by Crippen LogP contribution is -2.59. The van der Waals surface area contributed by atoms with Crippen molar-refractivity contribution in [2.75, 3.05) is 37.7 Å². The lowest BCUT2D eigenvalue weighted by Gasteiger charge is -2.44. The van der Waals surface area contributed by atoms with Crippen molar-refractivity contribution in [3.05, 3.63) is 53.4 Å². The molecule has 0 saturated carbocycles. The van der Waals surface area contributed by atoms with Crippen molar-refractivity contribution in [3.8, 4) is 17.3 Å². The molecule has 0 aliphatic carbocycles. The van der Waals surface area contributed by atoms with Crippen molar-refractivity contribution in [2.24, 2.45) is 0 Å². The first-order valence-corrected chi connectivity index (χ1v) is 23.1. The highest BCUT2D eigenvalue weighted by Crippen LogP contribution is 2.45. The number of amides is 1. The quantitative estimate of drug-likeness (QED) is 0.170. The molecular weight excluding hydrogens is 735 g/mol. The minimum atomic E-state index is -2.22. The number of piperazine rings is 1. The van der Waals surface area contributed by atoms with Gasteiger partial charge in [0.05, 0.1) is 29.1 Å². The van der Waals surface area contributed by atoms with Crippen LogP contribution in [0.1, 0.15) is 73.6 Å². The van der Waals surface area contributed by atoms with Gasteiger partial charge in [0.25, 0.3) is 0 Å². The van der Waals surface area contributed by atoms with E-state index in [1.54, 1.807) is 12.3 Å². The summed E-state index contributed by atoms with van der Waals surface area (Å²) in [5, 5.41) is 2.61. The Morgan fingerprint density at radius 3 is 2.42 bits per heavy atom. The molecule has 55 heavy (non-hydrogen) atoms. The van der Waals surface area contributed by atoms with E-state index in [2.05, 4.69) is 43.7 Å². The van der Waals surface area contributed by atoms with E-state index in [-0.39, 0.29) is 52.1 Å². The van der Waals surface area contributed by atoms with Crippen LogP contribution in [0.2, 0.25) is 23.2 Å². The van der Waals surface area contributed by atoms with E-state index in [1.807, 2.05) is 56.0 Å². The molecule has 2 bridgehead atoms. The lowest BCUT2D eigenvalue weighted by molar-refractivity contribution is 0.00676. The molecule has 6 heterocycles. The first-order chi connectivity index (χ1) is 25.9. The van der Waals surface area contributed by atoms with Crippen molar-refractivity contribution in [1.82, 2.24) is 24.8 Å². The zero-order chi connectivity index (χ0) is 39.1. The average molecular weight is 789 g/mol. The predicted molar refractivity (Wildman–Crippen MR) is 218 cm³/mol. The second-order valence-corrected chi connectivity index (χ2v) is 23.7. The van der Waals surface area contributed by atoms with E-state index in [4.69, 9.17) is 40.5 Å². The summed E-state index contributed by atoms with van der Waals surface area (Å²) in [5.41, 5.74) is 0.188. The van der Waals surface area contributed by atoms with Crippen molar-refractivity contribution >= 4 is 53.5 Å². The summed E-state index contributed by atoms with van der Waals surface area (Å²) in [4.78, 5) is 35.0. The number of nitrogens with zero attached hydrogens (tertiary/aromatic N) is 6. The highest BCUT2D eigenvalue weighted by molar-refractivity contribution is 6.74. The van der Waals surface area contributed by atoms with Crippen molar-refractivity contribution in [1.29, 1.82) is 0 Å². The number of aromatic nitrogens is 3. The van der Waals surface area contributed by atoms with E-state index in [9.17, 15) is 4.79 Å². The zero-order valence-corrected chi connectivity index (χ0v) is 35.2. The van der Waals surface area contributed by atoms with Crippen LogP contribution in [0.25, 0.3) is 32.9 Å². The lowest BCUT2D eigenvalue weighted by atomic mass is 9.95. The van der Waals surface area contributed by atoms with Crippen LogP contribution in [0.15, 0.2) is 42.6 Å². The van der Waals surface area contributed by atoms with Crippen LogP contribution in [-0.4, -0.2) is 101 Å². The van der Waals surface area contributed by atoms with Crippen LogP contribution in [-0.2, 0) is 9.16 Å². The molecule has 10 nitrogen and oxygen atoms in total.